The zero-order valence-corrected chi connectivity index (χ0v) is 12.3. The fraction of sp³-hybridized carbons (Fsp3) is 0.308. The van der Waals surface area contributed by atoms with Gasteiger partial charge in [-0.2, -0.15) is 4.68 Å². The SMILES string of the molecule is Cl.NCc1ccc2nnn(C3CCC(=O)NC3=O)c(=O)c2c1. The maximum absolute atomic E-state index is 12.5. The van der Waals surface area contributed by atoms with Crippen molar-refractivity contribution in [2.75, 3.05) is 0 Å². The highest BCUT2D eigenvalue weighted by Crippen LogP contribution is 2.16. The van der Waals surface area contributed by atoms with E-state index in [-0.39, 0.29) is 31.2 Å². The molecule has 2 aromatic rings. The minimum absolute atomic E-state index is 0. The van der Waals surface area contributed by atoms with E-state index >= 15 is 0 Å². The minimum Gasteiger partial charge on any atom is -0.326 e. The van der Waals surface area contributed by atoms with Gasteiger partial charge in [0, 0.05) is 13.0 Å². The molecule has 2 heterocycles. The number of carbonyl (C=O) groups is 2. The van der Waals surface area contributed by atoms with Crippen LogP contribution in [0.25, 0.3) is 10.9 Å². The van der Waals surface area contributed by atoms with Crippen LogP contribution in [0.2, 0.25) is 0 Å². The summed E-state index contributed by atoms with van der Waals surface area (Å²) in [5, 5.41) is 10.3. The number of benzene rings is 1. The van der Waals surface area contributed by atoms with Crippen LogP contribution in [-0.2, 0) is 16.1 Å². The Morgan fingerprint density at radius 1 is 1.32 bits per heavy atom. The number of halogens is 1. The van der Waals surface area contributed by atoms with Crippen LogP contribution in [0.4, 0.5) is 0 Å². The lowest BCUT2D eigenvalue weighted by Gasteiger charge is -2.21. The third kappa shape index (κ3) is 2.70. The molecule has 0 radical (unpaired) electrons. The number of imide groups is 1. The number of hydrogen-bond acceptors (Lipinski definition) is 6. The average molecular weight is 324 g/mol. The summed E-state index contributed by atoms with van der Waals surface area (Å²) in [6.45, 7) is 0.302. The number of rotatable bonds is 2. The number of amides is 2. The molecule has 0 aliphatic carbocycles. The van der Waals surface area contributed by atoms with Gasteiger partial charge in [0.2, 0.25) is 5.91 Å². The summed E-state index contributed by atoms with van der Waals surface area (Å²) in [7, 11) is 0. The largest absolute Gasteiger partial charge is 0.326 e. The highest BCUT2D eigenvalue weighted by molar-refractivity contribution is 5.99. The Morgan fingerprint density at radius 3 is 2.77 bits per heavy atom. The lowest BCUT2D eigenvalue weighted by molar-refractivity contribution is -0.136. The first-order chi connectivity index (χ1) is 10.1. The molecule has 9 heteroatoms. The number of fused-ring (bicyclic) bond motifs is 1. The van der Waals surface area contributed by atoms with Crippen LogP contribution in [0.15, 0.2) is 23.0 Å². The molecule has 1 aromatic carbocycles. The van der Waals surface area contributed by atoms with E-state index in [2.05, 4.69) is 15.6 Å². The second kappa shape index (κ2) is 6.20. The summed E-state index contributed by atoms with van der Waals surface area (Å²) in [5.74, 6) is -0.875. The van der Waals surface area contributed by atoms with Gasteiger partial charge in [-0.3, -0.25) is 19.7 Å². The van der Waals surface area contributed by atoms with E-state index in [0.717, 1.165) is 10.2 Å². The van der Waals surface area contributed by atoms with Gasteiger partial charge in [-0.25, -0.2) is 0 Å². The summed E-state index contributed by atoms with van der Waals surface area (Å²) in [6.07, 6.45) is 0.409. The molecular formula is C13H14ClN5O3. The molecular weight excluding hydrogens is 310 g/mol. The van der Waals surface area contributed by atoms with Crippen molar-refractivity contribution in [3.63, 3.8) is 0 Å². The Bertz CT molecular complexity index is 804. The highest BCUT2D eigenvalue weighted by atomic mass is 35.5. The number of nitrogens with two attached hydrogens (primary N) is 1. The van der Waals surface area contributed by atoms with E-state index < -0.39 is 17.5 Å². The van der Waals surface area contributed by atoms with Crippen molar-refractivity contribution in [3.8, 4) is 0 Å². The Morgan fingerprint density at radius 2 is 2.09 bits per heavy atom. The summed E-state index contributed by atoms with van der Waals surface area (Å²) >= 11 is 0. The van der Waals surface area contributed by atoms with Crippen molar-refractivity contribution in [1.82, 2.24) is 20.3 Å². The van der Waals surface area contributed by atoms with Crippen LogP contribution < -0.4 is 16.6 Å². The lowest BCUT2D eigenvalue weighted by Crippen LogP contribution is -2.45. The van der Waals surface area contributed by atoms with E-state index in [1.165, 1.54) is 0 Å². The van der Waals surface area contributed by atoms with Gasteiger partial charge in [0.25, 0.3) is 11.5 Å². The molecule has 2 amide bonds. The third-order valence-electron chi connectivity index (χ3n) is 3.49. The maximum Gasteiger partial charge on any atom is 0.278 e. The Labute approximate surface area is 131 Å². The van der Waals surface area contributed by atoms with Gasteiger partial charge in [-0.1, -0.05) is 11.3 Å². The minimum atomic E-state index is -0.811. The van der Waals surface area contributed by atoms with Gasteiger partial charge in [0.05, 0.1) is 5.39 Å². The van der Waals surface area contributed by atoms with E-state index in [4.69, 9.17) is 5.73 Å². The van der Waals surface area contributed by atoms with Crippen molar-refractivity contribution < 1.29 is 9.59 Å². The molecule has 3 rings (SSSR count). The molecule has 1 atom stereocenters. The van der Waals surface area contributed by atoms with Crippen LogP contribution in [-0.4, -0.2) is 26.8 Å². The monoisotopic (exact) mass is 323 g/mol. The molecule has 0 bridgehead atoms. The van der Waals surface area contributed by atoms with Crippen molar-refractivity contribution in [2.24, 2.45) is 5.73 Å². The second-order valence-electron chi connectivity index (χ2n) is 4.86. The first kappa shape index (κ1) is 16.1. The number of piperidine rings is 1. The van der Waals surface area contributed by atoms with Crippen molar-refractivity contribution in [1.29, 1.82) is 0 Å². The zero-order chi connectivity index (χ0) is 15.0. The predicted octanol–water partition coefficient (Wildman–Crippen LogP) is -0.350. The normalized spacial score (nSPS) is 18.0. The fourth-order valence-electron chi connectivity index (χ4n) is 2.35. The molecule has 1 fully saturated rings. The predicted molar refractivity (Wildman–Crippen MR) is 80.4 cm³/mol. The number of nitrogens with zero attached hydrogens (tertiary/aromatic N) is 3. The molecule has 1 aromatic heterocycles. The summed E-state index contributed by atoms with van der Waals surface area (Å²) in [5.41, 5.74) is 6.39. The number of hydrogen-bond donors (Lipinski definition) is 2. The van der Waals surface area contributed by atoms with Crippen LogP contribution in [0.3, 0.4) is 0 Å². The van der Waals surface area contributed by atoms with Crippen molar-refractivity contribution in [2.45, 2.75) is 25.4 Å². The van der Waals surface area contributed by atoms with Gasteiger partial charge in [0.15, 0.2) is 0 Å². The average Bonchev–Trinajstić information content (AvgIpc) is 2.48. The molecule has 116 valence electrons. The van der Waals surface area contributed by atoms with Crippen molar-refractivity contribution >= 4 is 35.1 Å². The van der Waals surface area contributed by atoms with Gasteiger partial charge >= 0.3 is 0 Å². The molecule has 22 heavy (non-hydrogen) atoms. The van der Waals surface area contributed by atoms with Gasteiger partial charge in [-0.15, -0.1) is 17.5 Å². The van der Waals surface area contributed by atoms with Crippen LogP contribution in [0, 0.1) is 0 Å². The summed E-state index contributed by atoms with van der Waals surface area (Å²) in [6, 6.07) is 4.27. The summed E-state index contributed by atoms with van der Waals surface area (Å²) < 4.78 is 1.03. The van der Waals surface area contributed by atoms with E-state index in [0.29, 0.717) is 17.4 Å². The van der Waals surface area contributed by atoms with Crippen LogP contribution >= 0.6 is 12.4 Å². The lowest BCUT2D eigenvalue weighted by atomic mass is 10.1. The van der Waals surface area contributed by atoms with Crippen LogP contribution in [0.5, 0.6) is 0 Å². The van der Waals surface area contributed by atoms with Gasteiger partial charge < -0.3 is 5.73 Å². The molecule has 1 aliphatic heterocycles. The van der Waals surface area contributed by atoms with E-state index in [1.54, 1.807) is 18.2 Å². The Kier molecular flexibility index (Phi) is 4.53. The van der Waals surface area contributed by atoms with Crippen LogP contribution in [0.1, 0.15) is 24.4 Å². The van der Waals surface area contributed by atoms with Gasteiger partial charge in [0.1, 0.15) is 11.6 Å². The number of aromatic nitrogens is 3. The Balaban J connectivity index is 0.00000176. The molecule has 1 unspecified atom stereocenters. The smallest absolute Gasteiger partial charge is 0.278 e. The first-order valence-corrected chi connectivity index (χ1v) is 6.52. The van der Waals surface area contributed by atoms with Crippen molar-refractivity contribution in [3.05, 3.63) is 34.1 Å². The van der Waals surface area contributed by atoms with E-state index in [1.807, 2.05) is 0 Å². The zero-order valence-electron chi connectivity index (χ0n) is 11.5. The summed E-state index contributed by atoms with van der Waals surface area (Å²) in [4.78, 5) is 35.5. The molecule has 1 aliphatic rings. The second-order valence-corrected chi connectivity index (χ2v) is 4.86. The topological polar surface area (TPSA) is 120 Å². The van der Waals surface area contributed by atoms with E-state index in [9.17, 15) is 14.4 Å². The third-order valence-corrected chi connectivity index (χ3v) is 3.49. The molecule has 8 nitrogen and oxygen atoms in total. The maximum atomic E-state index is 12.5. The quantitative estimate of drug-likeness (QED) is 0.729. The molecule has 0 saturated carbocycles. The molecule has 1 saturated heterocycles. The molecule has 0 spiro atoms. The number of nitrogens with one attached hydrogen (secondary N) is 1. The molecule has 3 N–H and O–H groups in total. The Hall–Kier alpha value is -2.32. The fourth-order valence-corrected chi connectivity index (χ4v) is 2.35. The number of carbonyl (C=O) groups excluding carboxylic acids is 2. The standard InChI is InChI=1S/C13H13N5O3.ClH/c14-6-7-1-2-9-8(5-7)13(21)18(17-16-9)10-3-4-11(19)15-12(10)20;/h1-2,5,10H,3-4,6,14H2,(H,15,19,20);1H. The first-order valence-electron chi connectivity index (χ1n) is 6.52. The van der Waals surface area contributed by atoms with Gasteiger partial charge in [-0.05, 0) is 24.1 Å². The highest BCUT2D eigenvalue weighted by Gasteiger charge is 2.30.